The molecule has 1 rings (SSSR count). The van der Waals surface area contributed by atoms with Gasteiger partial charge in [0.2, 0.25) is 0 Å². The minimum Gasteiger partial charge on any atom is -0.456 e. The Kier molecular flexibility index (Phi) is 7.27. The fourth-order valence-electron chi connectivity index (χ4n) is 1.90. The van der Waals surface area contributed by atoms with E-state index in [0.29, 0.717) is 0 Å². The number of aliphatic hydroxyl groups is 3. The molecule has 0 radical (unpaired) electrons. The lowest BCUT2D eigenvalue weighted by Gasteiger charge is -2.37. The van der Waals surface area contributed by atoms with Gasteiger partial charge in [-0.15, -0.1) is 0 Å². The summed E-state index contributed by atoms with van der Waals surface area (Å²) in [6.07, 6.45) is -1.96. The Balaban J connectivity index is 2.54. The van der Waals surface area contributed by atoms with Gasteiger partial charge in [0.15, 0.2) is 6.29 Å². The Labute approximate surface area is 124 Å². The van der Waals surface area contributed by atoms with Crippen molar-refractivity contribution < 1.29 is 34.3 Å². The molecule has 7 nitrogen and oxygen atoms in total. The molecular formula is C14H24O7. The Morgan fingerprint density at radius 3 is 2.71 bits per heavy atom. The maximum Gasteiger partial charge on any atom is 0.330 e. The molecule has 1 saturated heterocycles. The van der Waals surface area contributed by atoms with Gasteiger partial charge in [-0.25, -0.2) is 4.79 Å². The first-order valence-corrected chi connectivity index (χ1v) is 6.99. The van der Waals surface area contributed by atoms with Gasteiger partial charge in [0.05, 0.1) is 18.8 Å². The summed E-state index contributed by atoms with van der Waals surface area (Å²) in [4.78, 5) is 11.5. The topological polar surface area (TPSA) is 105 Å². The molecule has 3 N–H and O–H groups in total. The lowest BCUT2D eigenvalue weighted by atomic mass is 10.0. The zero-order chi connectivity index (χ0) is 16.0. The van der Waals surface area contributed by atoms with E-state index in [1.54, 1.807) is 19.9 Å². The van der Waals surface area contributed by atoms with E-state index < -0.39 is 42.8 Å². The van der Waals surface area contributed by atoms with Gasteiger partial charge in [-0.3, -0.25) is 0 Å². The summed E-state index contributed by atoms with van der Waals surface area (Å²) in [6, 6.07) is 0. The minimum atomic E-state index is -1.03. The second-order valence-electron chi connectivity index (χ2n) is 5.11. The van der Waals surface area contributed by atoms with Crippen molar-refractivity contribution in [3.8, 4) is 0 Å². The van der Waals surface area contributed by atoms with Crippen molar-refractivity contribution in [1.82, 2.24) is 0 Å². The maximum absolute atomic E-state index is 11.5. The molecule has 1 fully saturated rings. The molecule has 21 heavy (non-hydrogen) atoms. The maximum atomic E-state index is 11.5. The summed E-state index contributed by atoms with van der Waals surface area (Å²) >= 11 is 0. The summed E-state index contributed by atoms with van der Waals surface area (Å²) in [6.45, 7) is 4.67. The normalized spacial score (nSPS) is 32.9. The molecule has 1 heterocycles. The Bertz CT molecular complexity index is 355. The minimum absolute atomic E-state index is 0.110. The summed E-state index contributed by atoms with van der Waals surface area (Å²) < 4.78 is 15.9. The molecule has 6 atom stereocenters. The highest BCUT2D eigenvalue weighted by Gasteiger charge is 2.38. The first-order chi connectivity index (χ1) is 9.85. The van der Waals surface area contributed by atoms with Crippen LogP contribution in [0.15, 0.2) is 12.2 Å². The monoisotopic (exact) mass is 304 g/mol. The average Bonchev–Trinajstić information content (AvgIpc) is 2.41. The molecule has 0 amide bonds. The number of carbonyl (C=O) groups excluding carboxylic acids is 1. The van der Waals surface area contributed by atoms with Crippen LogP contribution in [0.4, 0.5) is 0 Å². The Morgan fingerprint density at radius 1 is 1.48 bits per heavy atom. The molecule has 0 spiro atoms. The standard InChI is InChI=1S/C14H24O7/c1-4-5-12(17)21-11-6-13(20-9(3)14(11)18)19-7-10(16)8(2)15/h4-5,8-11,13-16,18H,6-7H2,1-3H3/b5-4+/t8?,9?,10-,11?,13+,14+/m0/s1. The molecule has 0 aliphatic carbocycles. The van der Waals surface area contributed by atoms with Gasteiger partial charge in [0, 0.05) is 12.5 Å². The highest BCUT2D eigenvalue weighted by atomic mass is 16.7. The molecule has 3 unspecified atom stereocenters. The SMILES string of the molecule is C/C=C/C(=O)OC1C[C@H](OC[C@H](O)C(C)O)OC(C)[C@H]1O. The van der Waals surface area contributed by atoms with Gasteiger partial charge in [0.25, 0.3) is 0 Å². The second-order valence-corrected chi connectivity index (χ2v) is 5.11. The van der Waals surface area contributed by atoms with E-state index in [9.17, 15) is 20.1 Å². The smallest absolute Gasteiger partial charge is 0.330 e. The molecule has 0 bridgehead atoms. The van der Waals surface area contributed by atoms with E-state index in [4.69, 9.17) is 14.2 Å². The average molecular weight is 304 g/mol. The van der Waals surface area contributed by atoms with Gasteiger partial charge in [0.1, 0.15) is 18.3 Å². The fraction of sp³-hybridized carbons (Fsp3) is 0.786. The first kappa shape index (κ1) is 18.1. The van der Waals surface area contributed by atoms with E-state index in [1.807, 2.05) is 0 Å². The fourth-order valence-corrected chi connectivity index (χ4v) is 1.90. The van der Waals surface area contributed by atoms with Crippen molar-refractivity contribution in [2.45, 2.75) is 64.0 Å². The zero-order valence-corrected chi connectivity index (χ0v) is 12.5. The molecular weight excluding hydrogens is 280 g/mol. The third-order valence-electron chi connectivity index (χ3n) is 3.23. The van der Waals surface area contributed by atoms with Crippen LogP contribution in [0.25, 0.3) is 0 Å². The highest BCUT2D eigenvalue weighted by molar-refractivity contribution is 5.81. The Morgan fingerprint density at radius 2 is 2.14 bits per heavy atom. The summed E-state index contributed by atoms with van der Waals surface area (Å²) in [7, 11) is 0. The number of carbonyl (C=O) groups is 1. The van der Waals surface area contributed by atoms with Crippen LogP contribution in [0.2, 0.25) is 0 Å². The van der Waals surface area contributed by atoms with Crippen LogP contribution >= 0.6 is 0 Å². The predicted molar refractivity (Wildman–Crippen MR) is 73.3 cm³/mol. The third-order valence-corrected chi connectivity index (χ3v) is 3.23. The van der Waals surface area contributed by atoms with Crippen molar-refractivity contribution in [3.63, 3.8) is 0 Å². The third kappa shape index (κ3) is 5.72. The first-order valence-electron chi connectivity index (χ1n) is 6.99. The number of ether oxygens (including phenoxy) is 3. The van der Waals surface area contributed by atoms with Gasteiger partial charge in [-0.05, 0) is 20.8 Å². The van der Waals surface area contributed by atoms with E-state index in [2.05, 4.69) is 0 Å². The van der Waals surface area contributed by atoms with Crippen LogP contribution in [-0.4, -0.2) is 64.7 Å². The number of hydrogen-bond donors (Lipinski definition) is 3. The molecule has 0 aromatic rings. The van der Waals surface area contributed by atoms with Crippen LogP contribution in [0, 0.1) is 0 Å². The summed E-state index contributed by atoms with van der Waals surface area (Å²) in [5.74, 6) is -0.543. The number of hydrogen-bond acceptors (Lipinski definition) is 7. The van der Waals surface area contributed by atoms with E-state index in [0.717, 1.165) is 0 Å². The molecule has 122 valence electrons. The van der Waals surface area contributed by atoms with Gasteiger partial charge in [-0.2, -0.15) is 0 Å². The summed E-state index contributed by atoms with van der Waals surface area (Å²) in [5.41, 5.74) is 0. The molecule has 7 heteroatoms. The van der Waals surface area contributed by atoms with Gasteiger partial charge in [-0.1, -0.05) is 6.08 Å². The van der Waals surface area contributed by atoms with Crippen LogP contribution in [0.5, 0.6) is 0 Å². The quantitative estimate of drug-likeness (QED) is 0.458. The second kappa shape index (κ2) is 8.45. The molecule has 0 saturated carbocycles. The Hall–Kier alpha value is -0.990. The number of esters is 1. The van der Waals surface area contributed by atoms with Gasteiger partial charge >= 0.3 is 5.97 Å². The van der Waals surface area contributed by atoms with E-state index in [-0.39, 0.29) is 13.0 Å². The molecule has 1 aliphatic rings. The van der Waals surface area contributed by atoms with Crippen molar-refractivity contribution in [2.75, 3.05) is 6.61 Å². The van der Waals surface area contributed by atoms with E-state index in [1.165, 1.54) is 13.0 Å². The van der Waals surface area contributed by atoms with Crippen LogP contribution < -0.4 is 0 Å². The van der Waals surface area contributed by atoms with Crippen molar-refractivity contribution >= 4 is 5.97 Å². The summed E-state index contributed by atoms with van der Waals surface area (Å²) in [5, 5.41) is 28.6. The highest BCUT2D eigenvalue weighted by Crippen LogP contribution is 2.24. The van der Waals surface area contributed by atoms with Crippen LogP contribution in [0.3, 0.4) is 0 Å². The van der Waals surface area contributed by atoms with Crippen molar-refractivity contribution in [1.29, 1.82) is 0 Å². The number of aliphatic hydroxyl groups excluding tert-OH is 3. The molecule has 1 aliphatic heterocycles. The van der Waals surface area contributed by atoms with Gasteiger partial charge < -0.3 is 29.5 Å². The van der Waals surface area contributed by atoms with Crippen LogP contribution in [0.1, 0.15) is 27.2 Å². The van der Waals surface area contributed by atoms with Crippen LogP contribution in [-0.2, 0) is 19.0 Å². The lowest BCUT2D eigenvalue weighted by Crippen LogP contribution is -2.50. The largest absolute Gasteiger partial charge is 0.456 e. The van der Waals surface area contributed by atoms with Crippen molar-refractivity contribution in [2.24, 2.45) is 0 Å². The van der Waals surface area contributed by atoms with Crippen molar-refractivity contribution in [3.05, 3.63) is 12.2 Å². The number of rotatable bonds is 6. The predicted octanol–water partition coefficient (Wildman–Crippen LogP) is -0.272. The number of allylic oxidation sites excluding steroid dienone is 1. The molecule has 0 aromatic heterocycles. The van der Waals surface area contributed by atoms with E-state index >= 15 is 0 Å². The zero-order valence-electron chi connectivity index (χ0n) is 12.5. The lowest BCUT2D eigenvalue weighted by molar-refractivity contribution is -0.256. The molecule has 0 aromatic carbocycles.